The monoisotopic (exact) mass is 285 g/mol. The minimum Gasteiger partial charge on any atom is -0.309 e. The summed E-state index contributed by atoms with van der Waals surface area (Å²) in [5.41, 5.74) is 0.429. The molecule has 1 heterocycles. The maximum Gasteiger partial charge on any atom is 0.0561 e. The molecule has 18 heavy (non-hydrogen) atoms. The van der Waals surface area contributed by atoms with Crippen LogP contribution in [0.5, 0.6) is 0 Å². The lowest BCUT2D eigenvalue weighted by molar-refractivity contribution is 0.200. The minimum atomic E-state index is 0.429. The third-order valence-corrected chi connectivity index (χ3v) is 5.73. The molecule has 0 saturated heterocycles. The van der Waals surface area contributed by atoms with Crippen LogP contribution in [0.25, 0.3) is 0 Å². The maximum absolute atomic E-state index is 6.36. The van der Waals surface area contributed by atoms with Gasteiger partial charge in [0.1, 0.15) is 0 Å². The molecule has 1 aromatic rings. The fourth-order valence-electron chi connectivity index (χ4n) is 3.22. The van der Waals surface area contributed by atoms with Gasteiger partial charge < -0.3 is 5.32 Å². The van der Waals surface area contributed by atoms with Gasteiger partial charge >= 0.3 is 0 Å². The van der Waals surface area contributed by atoms with Crippen molar-refractivity contribution in [1.82, 2.24) is 5.32 Å². The Kier molecular flexibility index (Phi) is 4.74. The maximum atomic E-state index is 6.36. The summed E-state index contributed by atoms with van der Waals surface area (Å²) >= 11 is 8.16. The zero-order valence-corrected chi connectivity index (χ0v) is 13.2. The van der Waals surface area contributed by atoms with Crippen LogP contribution in [-0.2, 0) is 0 Å². The van der Waals surface area contributed by atoms with Crippen LogP contribution in [-0.4, -0.2) is 6.54 Å². The zero-order valence-electron chi connectivity index (χ0n) is 11.6. The van der Waals surface area contributed by atoms with Crippen LogP contribution >= 0.6 is 22.9 Å². The van der Waals surface area contributed by atoms with Gasteiger partial charge in [0.25, 0.3) is 0 Å². The summed E-state index contributed by atoms with van der Waals surface area (Å²) < 4.78 is 0. The third-order valence-electron chi connectivity index (χ3n) is 4.28. The quantitative estimate of drug-likeness (QED) is 0.777. The number of hydrogen-bond acceptors (Lipinski definition) is 2. The van der Waals surface area contributed by atoms with Gasteiger partial charge in [0.2, 0.25) is 0 Å². The average Bonchev–Trinajstić information content (AvgIpc) is 2.87. The molecular formula is C15H24ClNS. The van der Waals surface area contributed by atoms with E-state index in [0.717, 1.165) is 11.6 Å². The first-order valence-electron chi connectivity index (χ1n) is 7.02. The Morgan fingerprint density at radius 2 is 2.33 bits per heavy atom. The molecule has 1 aliphatic rings. The van der Waals surface area contributed by atoms with Crippen LogP contribution in [0.3, 0.4) is 0 Å². The highest BCUT2D eigenvalue weighted by atomic mass is 35.5. The molecule has 1 saturated carbocycles. The van der Waals surface area contributed by atoms with Gasteiger partial charge in [-0.05, 0) is 48.6 Å². The Labute approximate surface area is 120 Å². The Bertz CT molecular complexity index is 386. The molecule has 0 aliphatic heterocycles. The first kappa shape index (κ1) is 14.4. The van der Waals surface area contributed by atoms with Crippen molar-refractivity contribution >= 4 is 22.9 Å². The van der Waals surface area contributed by atoms with E-state index in [1.807, 2.05) is 6.07 Å². The summed E-state index contributed by atoms with van der Waals surface area (Å²) in [6, 6.07) is 2.47. The number of hydrogen-bond donors (Lipinski definition) is 1. The highest BCUT2D eigenvalue weighted by molar-refractivity contribution is 7.10. The van der Waals surface area contributed by atoms with E-state index < -0.39 is 0 Å². The molecule has 0 aromatic carbocycles. The lowest BCUT2D eigenvalue weighted by atomic mass is 9.77. The van der Waals surface area contributed by atoms with Gasteiger partial charge in [-0.2, -0.15) is 0 Å². The molecule has 0 bridgehead atoms. The van der Waals surface area contributed by atoms with Gasteiger partial charge in [0.05, 0.1) is 5.02 Å². The van der Waals surface area contributed by atoms with E-state index in [1.165, 1.54) is 30.6 Å². The first-order valence-corrected chi connectivity index (χ1v) is 8.28. The summed E-state index contributed by atoms with van der Waals surface area (Å²) in [4.78, 5) is 1.34. The van der Waals surface area contributed by atoms with Crippen molar-refractivity contribution in [3.05, 3.63) is 21.3 Å². The summed E-state index contributed by atoms with van der Waals surface area (Å²) in [6.45, 7) is 8.12. The zero-order chi connectivity index (χ0) is 13.2. The van der Waals surface area contributed by atoms with E-state index in [1.54, 1.807) is 11.3 Å². The predicted molar refractivity (Wildman–Crippen MR) is 81.5 cm³/mol. The van der Waals surface area contributed by atoms with Crippen LogP contribution in [0, 0.1) is 11.3 Å². The summed E-state index contributed by atoms with van der Waals surface area (Å²) in [5.74, 6) is 0.709. The second-order valence-electron chi connectivity index (χ2n) is 6.05. The van der Waals surface area contributed by atoms with Crippen molar-refractivity contribution < 1.29 is 0 Å². The van der Waals surface area contributed by atoms with Gasteiger partial charge in [0.15, 0.2) is 0 Å². The lowest BCUT2D eigenvalue weighted by Crippen LogP contribution is -2.34. The second kappa shape index (κ2) is 5.94. The van der Waals surface area contributed by atoms with Gasteiger partial charge in [0, 0.05) is 10.9 Å². The molecule has 2 atom stereocenters. The second-order valence-corrected chi connectivity index (χ2v) is 7.41. The molecule has 1 nitrogen and oxygen atoms in total. The normalized spacial score (nSPS) is 24.3. The van der Waals surface area contributed by atoms with Crippen LogP contribution < -0.4 is 5.32 Å². The van der Waals surface area contributed by atoms with Gasteiger partial charge in [-0.3, -0.25) is 0 Å². The average molecular weight is 286 g/mol. The molecule has 1 aromatic heterocycles. The lowest BCUT2D eigenvalue weighted by Gasteiger charge is -2.34. The molecule has 2 rings (SSSR count). The van der Waals surface area contributed by atoms with E-state index in [0.29, 0.717) is 17.4 Å². The summed E-state index contributed by atoms with van der Waals surface area (Å²) in [7, 11) is 0. The first-order chi connectivity index (χ1) is 8.56. The fraction of sp³-hybridized carbons (Fsp3) is 0.733. The SMILES string of the molecule is CCCNC(c1sccc1Cl)C1CCCC1(C)C. The van der Waals surface area contributed by atoms with Crippen LogP contribution in [0.2, 0.25) is 5.02 Å². The summed E-state index contributed by atoms with van der Waals surface area (Å²) in [5, 5.41) is 6.79. The Morgan fingerprint density at radius 3 is 2.83 bits per heavy atom. The molecule has 1 aliphatic carbocycles. The van der Waals surface area contributed by atoms with Crippen molar-refractivity contribution in [3.63, 3.8) is 0 Å². The fourth-order valence-corrected chi connectivity index (χ4v) is 4.53. The van der Waals surface area contributed by atoms with Crippen molar-refractivity contribution in [2.45, 2.75) is 52.5 Å². The van der Waals surface area contributed by atoms with Gasteiger partial charge in [-0.15, -0.1) is 11.3 Å². The predicted octanol–water partition coefficient (Wildman–Crippen LogP) is 5.27. The molecule has 102 valence electrons. The van der Waals surface area contributed by atoms with Crippen molar-refractivity contribution in [2.75, 3.05) is 6.54 Å². The molecule has 1 fully saturated rings. The van der Waals surface area contributed by atoms with Crippen LogP contribution in [0.4, 0.5) is 0 Å². The molecule has 2 unspecified atom stereocenters. The van der Waals surface area contributed by atoms with E-state index in [-0.39, 0.29) is 0 Å². The van der Waals surface area contributed by atoms with Crippen molar-refractivity contribution in [3.8, 4) is 0 Å². The minimum absolute atomic E-state index is 0.429. The molecule has 0 radical (unpaired) electrons. The highest BCUT2D eigenvalue weighted by Gasteiger charge is 2.40. The Balaban J connectivity index is 2.23. The number of nitrogens with one attached hydrogen (secondary N) is 1. The van der Waals surface area contributed by atoms with Crippen molar-refractivity contribution in [2.24, 2.45) is 11.3 Å². The Hall–Kier alpha value is -0.0500. The molecular weight excluding hydrogens is 262 g/mol. The van der Waals surface area contributed by atoms with Crippen LogP contribution in [0.1, 0.15) is 57.4 Å². The molecule has 3 heteroatoms. The third kappa shape index (κ3) is 2.92. The topological polar surface area (TPSA) is 12.0 Å². The number of halogens is 1. The van der Waals surface area contributed by atoms with Crippen LogP contribution in [0.15, 0.2) is 11.4 Å². The highest BCUT2D eigenvalue weighted by Crippen LogP contribution is 2.50. The van der Waals surface area contributed by atoms with E-state index in [4.69, 9.17) is 11.6 Å². The van der Waals surface area contributed by atoms with Gasteiger partial charge in [-0.1, -0.05) is 38.8 Å². The molecule has 1 N–H and O–H groups in total. The molecule has 0 spiro atoms. The molecule has 0 amide bonds. The number of rotatable bonds is 5. The Morgan fingerprint density at radius 1 is 1.56 bits per heavy atom. The smallest absolute Gasteiger partial charge is 0.0561 e. The summed E-state index contributed by atoms with van der Waals surface area (Å²) in [6.07, 6.45) is 5.19. The van der Waals surface area contributed by atoms with E-state index in [9.17, 15) is 0 Å². The standard InChI is InChI=1S/C15H24ClNS/c1-4-9-17-13(14-12(16)7-10-18-14)11-6-5-8-15(11,2)3/h7,10-11,13,17H,4-6,8-9H2,1-3H3. The number of thiophene rings is 1. The van der Waals surface area contributed by atoms with Crippen molar-refractivity contribution in [1.29, 1.82) is 0 Å². The van der Waals surface area contributed by atoms with Gasteiger partial charge in [-0.25, -0.2) is 0 Å². The largest absolute Gasteiger partial charge is 0.309 e. The van der Waals surface area contributed by atoms with E-state index in [2.05, 4.69) is 31.5 Å². The van der Waals surface area contributed by atoms with E-state index >= 15 is 0 Å².